The molecule has 0 aromatic heterocycles. The van der Waals surface area contributed by atoms with Crippen LogP contribution in [-0.2, 0) is 16.5 Å². The summed E-state index contributed by atoms with van der Waals surface area (Å²) in [6.45, 7) is 0. The molecule has 0 heterocycles. The Labute approximate surface area is 83.5 Å². The van der Waals surface area contributed by atoms with Gasteiger partial charge in [-0.2, -0.15) is 8.42 Å². The molecule has 0 amide bonds. The molecule has 0 aliphatic rings. The largest absolute Gasteiger partial charge is 0.294 e. The molecule has 3 nitrogen and oxygen atoms in total. The summed E-state index contributed by atoms with van der Waals surface area (Å²) in [4.78, 5) is -0.0600. The van der Waals surface area contributed by atoms with Gasteiger partial charge in [0.05, 0.1) is 4.90 Å². The zero-order valence-electron chi connectivity index (χ0n) is 7.47. The van der Waals surface area contributed by atoms with Crippen LogP contribution in [-0.4, -0.2) is 13.0 Å². The quantitative estimate of drug-likeness (QED) is 0.607. The maximum Gasteiger partial charge on any atom is 0.294 e. The van der Waals surface area contributed by atoms with Crippen molar-refractivity contribution in [2.75, 3.05) is 0 Å². The molecule has 1 aromatic rings. The minimum atomic E-state index is -4.13. The molecule has 1 rings (SSSR count). The van der Waals surface area contributed by atoms with Crippen molar-refractivity contribution in [2.24, 2.45) is 0 Å². The fourth-order valence-electron chi connectivity index (χ4n) is 1.17. The van der Waals surface area contributed by atoms with E-state index in [4.69, 9.17) is 11.0 Å². The third-order valence-corrected chi connectivity index (χ3v) is 2.74. The molecule has 0 saturated carbocycles. The second-order valence-electron chi connectivity index (χ2n) is 2.79. The van der Waals surface area contributed by atoms with Crippen molar-refractivity contribution in [3.63, 3.8) is 0 Å². The Balaban J connectivity index is 3.12. The number of terminal acetylenes is 1. The summed E-state index contributed by atoms with van der Waals surface area (Å²) in [6, 6.07) is 6.27. The summed E-state index contributed by atoms with van der Waals surface area (Å²) >= 11 is 0. The molecule has 0 aliphatic heterocycles. The summed E-state index contributed by atoms with van der Waals surface area (Å²) in [5.41, 5.74) is 0.549. The lowest BCUT2D eigenvalue weighted by Crippen LogP contribution is -2.02. The van der Waals surface area contributed by atoms with E-state index < -0.39 is 10.1 Å². The van der Waals surface area contributed by atoms with Gasteiger partial charge in [-0.3, -0.25) is 4.55 Å². The van der Waals surface area contributed by atoms with Gasteiger partial charge in [0.2, 0.25) is 0 Å². The maximum atomic E-state index is 10.9. The van der Waals surface area contributed by atoms with Gasteiger partial charge in [-0.1, -0.05) is 18.2 Å². The minimum Gasteiger partial charge on any atom is -0.282 e. The number of aryl methyl sites for hydroxylation is 1. The number of hydrogen-bond acceptors (Lipinski definition) is 2. The molecule has 0 atom stereocenters. The van der Waals surface area contributed by atoms with Crippen molar-refractivity contribution in [3.8, 4) is 12.3 Å². The standard InChI is InChI=1S/C10H10O3S/c1-2-3-6-9-7-4-5-8-10(9)14(11,12)13/h1,4-5,7-8H,3,6H2,(H,11,12,13). The normalized spacial score (nSPS) is 10.9. The van der Waals surface area contributed by atoms with E-state index in [1.165, 1.54) is 6.07 Å². The van der Waals surface area contributed by atoms with Crippen molar-refractivity contribution in [1.82, 2.24) is 0 Å². The predicted molar refractivity (Wildman–Crippen MR) is 53.4 cm³/mol. The van der Waals surface area contributed by atoms with Gasteiger partial charge in [0, 0.05) is 6.42 Å². The molecule has 0 saturated heterocycles. The van der Waals surface area contributed by atoms with E-state index in [1.54, 1.807) is 18.2 Å². The predicted octanol–water partition coefficient (Wildman–Crippen LogP) is 1.50. The Bertz CT molecular complexity index is 455. The van der Waals surface area contributed by atoms with Gasteiger partial charge < -0.3 is 0 Å². The molecule has 1 N–H and O–H groups in total. The van der Waals surface area contributed by atoms with Gasteiger partial charge in [0.1, 0.15) is 0 Å². The Morgan fingerprint density at radius 3 is 2.57 bits per heavy atom. The average molecular weight is 210 g/mol. The van der Waals surface area contributed by atoms with Crippen LogP contribution < -0.4 is 0 Å². The Hall–Kier alpha value is -1.31. The van der Waals surface area contributed by atoms with Crippen molar-refractivity contribution in [1.29, 1.82) is 0 Å². The number of hydrogen-bond donors (Lipinski definition) is 1. The van der Waals surface area contributed by atoms with Gasteiger partial charge in [0.25, 0.3) is 10.1 Å². The monoisotopic (exact) mass is 210 g/mol. The smallest absolute Gasteiger partial charge is 0.282 e. The Morgan fingerprint density at radius 2 is 2.00 bits per heavy atom. The fraction of sp³-hybridized carbons (Fsp3) is 0.200. The zero-order chi connectivity index (χ0) is 10.6. The van der Waals surface area contributed by atoms with Gasteiger partial charge in [-0.05, 0) is 18.1 Å². The summed E-state index contributed by atoms with van der Waals surface area (Å²) < 4.78 is 30.7. The lowest BCUT2D eigenvalue weighted by atomic mass is 10.1. The van der Waals surface area contributed by atoms with E-state index in [1.807, 2.05) is 0 Å². The average Bonchev–Trinajstić information content (AvgIpc) is 2.14. The molecule has 0 spiro atoms. The van der Waals surface area contributed by atoms with E-state index in [2.05, 4.69) is 5.92 Å². The second-order valence-corrected chi connectivity index (χ2v) is 4.18. The van der Waals surface area contributed by atoms with Crippen LogP contribution in [0, 0.1) is 12.3 Å². The second kappa shape index (κ2) is 4.27. The molecule has 0 aliphatic carbocycles. The van der Waals surface area contributed by atoms with E-state index in [9.17, 15) is 8.42 Å². The molecule has 0 radical (unpaired) electrons. The van der Waals surface area contributed by atoms with Crippen LogP contribution in [0.2, 0.25) is 0 Å². The van der Waals surface area contributed by atoms with E-state index in [0.29, 0.717) is 18.4 Å². The van der Waals surface area contributed by atoms with Gasteiger partial charge in [0.15, 0.2) is 0 Å². The third-order valence-electron chi connectivity index (χ3n) is 1.79. The van der Waals surface area contributed by atoms with Crippen molar-refractivity contribution < 1.29 is 13.0 Å². The van der Waals surface area contributed by atoms with Crippen LogP contribution in [0.4, 0.5) is 0 Å². The SMILES string of the molecule is C#CCCc1ccccc1S(=O)(=O)O. The Morgan fingerprint density at radius 1 is 1.36 bits per heavy atom. The van der Waals surface area contributed by atoms with Crippen molar-refractivity contribution in [2.45, 2.75) is 17.7 Å². The van der Waals surface area contributed by atoms with Crippen LogP contribution in [0.15, 0.2) is 29.2 Å². The molecule has 74 valence electrons. The first-order valence-corrected chi connectivity index (χ1v) is 5.48. The lowest BCUT2D eigenvalue weighted by molar-refractivity contribution is 0.482. The number of rotatable bonds is 3. The van der Waals surface area contributed by atoms with Crippen molar-refractivity contribution in [3.05, 3.63) is 29.8 Å². The molecule has 0 fully saturated rings. The lowest BCUT2D eigenvalue weighted by Gasteiger charge is -2.03. The third kappa shape index (κ3) is 2.59. The highest BCUT2D eigenvalue weighted by Gasteiger charge is 2.13. The molecule has 0 unspecified atom stereocenters. The van der Waals surface area contributed by atoms with E-state index in [0.717, 1.165) is 0 Å². The maximum absolute atomic E-state index is 10.9. The van der Waals surface area contributed by atoms with E-state index in [-0.39, 0.29) is 4.90 Å². The molecule has 4 heteroatoms. The first-order chi connectivity index (χ1) is 6.55. The highest BCUT2D eigenvalue weighted by Crippen LogP contribution is 2.16. The molecule has 1 aromatic carbocycles. The summed E-state index contributed by atoms with van der Waals surface area (Å²) in [5, 5.41) is 0. The van der Waals surface area contributed by atoms with Crippen LogP contribution in [0.1, 0.15) is 12.0 Å². The van der Waals surface area contributed by atoms with Crippen LogP contribution in [0.3, 0.4) is 0 Å². The summed E-state index contributed by atoms with van der Waals surface area (Å²) in [6.07, 6.45) is 5.98. The van der Waals surface area contributed by atoms with Gasteiger partial charge >= 0.3 is 0 Å². The topological polar surface area (TPSA) is 54.4 Å². The molecule has 14 heavy (non-hydrogen) atoms. The van der Waals surface area contributed by atoms with Crippen molar-refractivity contribution >= 4 is 10.1 Å². The van der Waals surface area contributed by atoms with Crippen LogP contribution >= 0.6 is 0 Å². The van der Waals surface area contributed by atoms with Gasteiger partial charge in [-0.15, -0.1) is 12.3 Å². The van der Waals surface area contributed by atoms with Crippen LogP contribution in [0.25, 0.3) is 0 Å². The molecule has 0 bridgehead atoms. The summed E-state index contributed by atoms with van der Waals surface area (Å²) in [5.74, 6) is 2.42. The highest BCUT2D eigenvalue weighted by molar-refractivity contribution is 7.85. The molecular formula is C10H10O3S. The van der Waals surface area contributed by atoms with Gasteiger partial charge in [-0.25, -0.2) is 0 Å². The highest BCUT2D eigenvalue weighted by atomic mass is 32.2. The summed E-state index contributed by atoms with van der Waals surface area (Å²) in [7, 11) is -4.13. The minimum absolute atomic E-state index is 0.0600. The fourth-order valence-corrected chi connectivity index (χ4v) is 1.92. The zero-order valence-corrected chi connectivity index (χ0v) is 8.29. The van der Waals surface area contributed by atoms with Crippen LogP contribution in [0.5, 0.6) is 0 Å². The first-order valence-electron chi connectivity index (χ1n) is 4.04. The van der Waals surface area contributed by atoms with E-state index >= 15 is 0 Å². The number of benzene rings is 1. The first kappa shape index (κ1) is 10.8. The Kier molecular flexibility index (Phi) is 3.28. The molecular weight excluding hydrogens is 200 g/mol.